The number of rotatable bonds is 5. The first kappa shape index (κ1) is 11.3. The number of aliphatic imine (C=N–C) groups is 1. The zero-order chi connectivity index (χ0) is 9.61. The summed E-state index contributed by atoms with van der Waals surface area (Å²) >= 11 is 0. The molecule has 0 heterocycles. The summed E-state index contributed by atoms with van der Waals surface area (Å²) in [6.07, 6.45) is 1.41. The van der Waals surface area contributed by atoms with Crippen molar-refractivity contribution in [3.63, 3.8) is 0 Å². The number of nitrogens with zero attached hydrogens (tertiary/aromatic N) is 1. The molecule has 0 saturated heterocycles. The average Bonchev–Trinajstić information content (AvgIpc) is 2.09. The van der Waals surface area contributed by atoms with Gasteiger partial charge in [-0.25, -0.2) is 4.79 Å². The minimum Gasteiger partial charge on any atom is -0.329 e. The number of ether oxygens (including phenoxy) is 3. The van der Waals surface area contributed by atoms with Gasteiger partial charge >= 0.3 is 5.97 Å². The molecule has 1 atom stereocenters. The molecule has 12 heavy (non-hydrogen) atoms. The van der Waals surface area contributed by atoms with Gasteiger partial charge in [0.15, 0.2) is 0 Å². The van der Waals surface area contributed by atoms with Gasteiger partial charge in [0.05, 0.1) is 0 Å². The van der Waals surface area contributed by atoms with Crippen LogP contribution in [0.5, 0.6) is 0 Å². The molecule has 0 fully saturated rings. The van der Waals surface area contributed by atoms with Crippen LogP contribution < -0.4 is 0 Å². The van der Waals surface area contributed by atoms with Crippen LogP contribution in [0.2, 0.25) is 0 Å². The molecule has 0 bridgehead atoms. The van der Waals surface area contributed by atoms with Crippen LogP contribution in [0.4, 0.5) is 0 Å². The van der Waals surface area contributed by atoms with Gasteiger partial charge in [0.25, 0.3) is 0 Å². The van der Waals surface area contributed by atoms with Gasteiger partial charge in [-0.3, -0.25) is 0 Å². The van der Waals surface area contributed by atoms with Crippen molar-refractivity contribution in [3.8, 4) is 0 Å². The lowest BCUT2D eigenvalue weighted by atomic mass is 10.3. The van der Waals surface area contributed by atoms with Crippen molar-refractivity contribution in [1.82, 2.24) is 0 Å². The Bertz CT molecular complexity index is 164. The van der Waals surface area contributed by atoms with E-state index in [1.165, 1.54) is 27.4 Å². The fraction of sp³-hybridized carbons (Fsp3) is 0.857. The molecule has 0 N–H and O–H groups in total. The molecule has 0 aromatic rings. The lowest BCUT2D eigenvalue weighted by Gasteiger charge is -2.30. The summed E-state index contributed by atoms with van der Waals surface area (Å²) in [5.41, 5.74) is 0. The standard InChI is InChI=1S/C7H13NO4/c1-6(8-5-9)7(10-2,11-3)12-4/h6H,1-4H3. The highest BCUT2D eigenvalue weighted by molar-refractivity contribution is 5.33. The average molecular weight is 175 g/mol. The summed E-state index contributed by atoms with van der Waals surface area (Å²) in [7, 11) is 4.22. The third-order valence-corrected chi connectivity index (χ3v) is 1.61. The topological polar surface area (TPSA) is 57.1 Å². The fourth-order valence-corrected chi connectivity index (χ4v) is 0.920. The number of isocyanates is 1. The molecular formula is C7H13NO4. The maximum atomic E-state index is 9.95. The first-order chi connectivity index (χ1) is 5.66. The van der Waals surface area contributed by atoms with E-state index in [2.05, 4.69) is 4.99 Å². The van der Waals surface area contributed by atoms with Gasteiger partial charge in [0.1, 0.15) is 6.04 Å². The normalized spacial score (nSPS) is 13.7. The van der Waals surface area contributed by atoms with Gasteiger partial charge in [-0.1, -0.05) is 0 Å². The predicted molar refractivity (Wildman–Crippen MR) is 41.3 cm³/mol. The predicted octanol–water partition coefficient (Wildman–Crippen LogP) is 0.304. The number of carbonyl (C=O) groups excluding carboxylic acids is 1. The summed E-state index contributed by atoms with van der Waals surface area (Å²) in [6, 6.07) is -0.560. The molecular weight excluding hydrogens is 162 g/mol. The molecule has 70 valence electrons. The van der Waals surface area contributed by atoms with Gasteiger partial charge in [0.2, 0.25) is 6.08 Å². The molecule has 1 unspecified atom stereocenters. The maximum absolute atomic E-state index is 9.95. The van der Waals surface area contributed by atoms with E-state index in [1.807, 2.05) is 0 Å². The molecule has 0 amide bonds. The van der Waals surface area contributed by atoms with E-state index in [4.69, 9.17) is 14.2 Å². The van der Waals surface area contributed by atoms with Gasteiger partial charge in [-0.15, -0.1) is 0 Å². The van der Waals surface area contributed by atoms with E-state index in [-0.39, 0.29) is 0 Å². The first-order valence-corrected chi connectivity index (χ1v) is 3.39. The maximum Gasteiger partial charge on any atom is 0.306 e. The van der Waals surface area contributed by atoms with E-state index in [0.717, 1.165) is 0 Å². The van der Waals surface area contributed by atoms with Crippen molar-refractivity contribution >= 4 is 6.08 Å². The van der Waals surface area contributed by atoms with Crippen molar-refractivity contribution in [2.45, 2.75) is 18.9 Å². The minimum atomic E-state index is -1.29. The summed E-state index contributed by atoms with van der Waals surface area (Å²) in [5, 5.41) is 0. The molecule has 0 saturated carbocycles. The largest absolute Gasteiger partial charge is 0.329 e. The first-order valence-electron chi connectivity index (χ1n) is 3.39. The van der Waals surface area contributed by atoms with Crippen molar-refractivity contribution in [1.29, 1.82) is 0 Å². The third-order valence-electron chi connectivity index (χ3n) is 1.61. The Labute approximate surface area is 71.3 Å². The third kappa shape index (κ3) is 2.12. The molecule has 0 spiro atoms. The molecule has 0 aromatic carbocycles. The molecule has 5 nitrogen and oxygen atoms in total. The second-order valence-corrected chi connectivity index (χ2v) is 2.11. The van der Waals surface area contributed by atoms with Gasteiger partial charge in [-0.2, -0.15) is 4.99 Å². The van der Waals surface area contributed by atoms with Gasteiger partial charge in [-0.05, 0) is 6.92 Å². The summed E-state index contributed by atoms with van der Waals surface area (Å²) in [5.74, 6) is -1.29. The number of hydrogen-bond donors (Lipinski definition) is 0. The van der Waals surface area contributed by atoms with Crippen molar-refractivity contribution in [2.24, 2.45) is 4.99 Å². The molecule has 0 aliphatic heterocycles. The zero-order valence-electron chi connectivity index (χ0n) is 7.66. The van der Waals surface area contributed by atoms with E-state index >= 15 is 0 Å². The van der Waals surface area contributed by atoms with Crippen LogP contribution in [-0.4, -0.2) is 39.4 Å². The van der Waals surface area contributed by atoms with Crippen LogP contribution in [0.15, 0.2) is 4.99 Å². The Balaban J connectivity index is 4.56. The monoisotopic (exact) mass is 175 g/mol. The second kappa shape index (κ2) is 5.00. The van der Waals surface area contributed by atoms with Gasteiger partial charge < -0.3 is 14.2 Å². The molecule has 0 rings (SSSR count). The van der Waals surface area contributed by atoms with Crippen molar-refractivity contribution in [2.75, 3.05) is 21.3 Å². The highest BCUT2D eigenvalue weighted by Gasteiger charge is 2.37. The number of methoxy groups -OCH3 is 3. The molecule has 0 aromatic heterocycles. The molecule has 0 aliphatic carbocycles. The quantitative estimate of drug-likeness (QED) is 0.342. The van der Waals surface area contributed by atoms with Crippen LogP contribution in [0.1, 0.15) is 6.92 Å². The highest BCUT2D eigenvalue weighted by atomic mass is 16.9. The Morgan fingerprint density at radius 2 is 1.67 bits per heavy atom. The fourth-order valence-electron chi connectivity index (χ4n) is 0.920. The Hall–Kier alpha value is -0.740. The SMILES string of the molecule is COC(OC)(OC)C(C)N=C=O. The summed E-state index contributed by atoms with van der Waals surface area (Å²) in [4.78, 5) is 13.4. The van der Waals surface area contributed by atoms with E-state index in [1.54, 1.807) is 6.92 Å². The van der Waals surface area contributed by atoms with E-state index in [0.29, 0.717) is 0 Å². The van der Waals surface area contributed by atoms with Crippen LogP contribution in [0.3, 0.4) is 0 Å². The molecule has 5 heteroatoms. The second-order valence-electron chi connectivity index (χ2n) is 2.11. The Morgan fingerprint density at radius 3 is 1.92 bits per heavy atom. The summed E-state index contributed by atoms with van der Waals surface area (Å²) in [6.45, 7) is 1.63. The molecule has 0 radical (unpaired) electrons. The minimum absolute atomic E-state index is 0.560. The summed E-state index contributed by atoms with van der Waals surface area (Å²) < 4.78 is 14.8. The van der Waals surface area contributed by atoms with Gasteiger partial charge in [0, 0.05) is 21.3 Å². The zero-order valence-corrected chi connectivity index (χ0v) is 7.66. The van der Waals surface area contributed by atoms with E-state index < -0.39 is 12.0 Å². The number of hydrogen-bond acceptors (Lipinski definition) is 5. The lowest BCUT2D eigenvalue weighted by Crippen LogP contribution is -2.45. The van der Waals surface area contributed by atoms with Crippen molar-refractivity contribution in [3.05, 3.63) is 0 Å². The van der Waals surface area contributed by atoms with Crippen molar-refractivity contribution < 1.29 is 19.0 Å². The van der Waals surface area contributed by atoms with Crippen LogP contribution in [-0.2, 0) is 19.0 Å². The Kier molecular flexibility index (Phi) is 4.70. The van der Waals surface area contributed by atoms with Crippen LogP contribution in [0, 0.1) is 0 Å². The Morgan fingerprint density at radius 1 is 1.25 bits per heavy atom. The highest BCUT2D eigenvalue weighted by Crippen LogP contribution is 2.19. The lowest BCUT2D eigenvalue weighted by molar-refractivity contribution is -0.359. The van der Waals surface area contributed by atoms with Crippen LogP contribution in [0.25, 0.3) is 0 Å². The van der Waals surface area contributed by atoms with Crippen LogP contribution >= 0.6 is 0 Å². The smallest absolute Gasteiger partial charge is 0.306 e. The van der Waals surface area contributed by atoms with E-state index in [9.17, 15) is 4.79 Å². The molecule has 0 aliphatic rings.